The van der Waals surface area contributed by atoms with Crippen LogP contribution < -0.4 is 10.2 Å². The van der Waals surface area contributed by atoms with Gasteiger partial charge in [-0.3, -0.25) is 9.59 Å². The Morgan fingerprint density at radius 2 is 1.93 bits per heavy atom. The standard InChI is InChI=1S/C19H25N5O2S/c25-16(21-14-4-1-2-5-14)7-8-17(26)23-10-12-24(13-11-23)19-22-15-6-3-9-20-18(15)27-19/h3,6,9,14H,1-2,4-5,7-8,10-13H2,(H,21,25). The van der Waals surface area contributed by atoms with Crippen LogP contribution in [0.4, 0.5) is 5.13 Å². The summed E-state index contributed by atoms with van der Waals surface area (Å²) in [5.74, 6) is 0.0815. The Bertz CT molecular complexity index is 776. The van der Waals surface area contributed by atoms with Gasteiger partial charge in [0, 0.05) is 51.3 Å². The third-order valence-corrected chi connectivity index (χ3v) is 6.38. The smallest absolute Gasteiger partial charge is 0.223 e. The lowest BCUT2D eigenvalue weighted by Gasteiger charge is -2.34. The zero-order chi connectivity index (χ0) is 18.6. The van der Waals surface area contributed by atoms with Gasteiger partial charge in [-0.15, -0.1) is 0 Å². The molecule has 1 N–H and O–H groups in total. The maximum Gasteiger partial charge on any atom is 0.223 e. The SMILES string of the molecule is O=C(CCC(=O)N1CCN(c2nc3cccnc3s2)CC1)NC1CCCC1. The summed E-state index contributed by atoms with van der Waals surface area (Å²) in [5, 5.41) is 4.01. The molecule has 0 atom stereocenters. The van der Waals surface area contributed by atoms with Crippen molar-refractivity contribution in [2.24, 2.45) is 0 Å². The van der Waals surface area contributed by atoms with E-state index in [0.717, 1.165) is 41.4 Å². The first-order chi connectivity index (χ1) is 13.2. The van der Waals surface area contributed by atoms with E-state index in [9.17, 15) is 9.59 Å². The first kappa shape index (κ1) is 18.2. The molecule has 27 heavy (non-hydrogen) atoms. The number of pyridine rings is 1. The first-order valence-electron chi connectivity index (χ1n) is 9.73. The summed E-state index contributed by atoms with van der Waals surface area (Å²) in [7, 11) is 0. The number of aromatic nitrogens is 2. The topological polar surface area (TPSA) is 78.4 Å². The number of thiazole rings is 1. The van der Waals surface area contributed by atoms with Gasteiger partial charge in [0.25, 0.3) is 0 Å². The van der Waals surface area contributed by atoms with Crippen molar-refractivity contribution in [1.29, 1.82) is 0 Å². The van der Waals surface area contributed by atoms with E-state index in [1.165, 1.54) is 12.8 Å². The van der Waals surface area contributed by atoms with Crippen molar-refractivity contribution in [2.45, 2.75) is 44.6 Å². The molecule has 1 saturated heterocycles. The number of hydrogen-bond donors (Lipinski definition) is 1. The minimum atomic E-state index is 0.0101. The van der Waals surface area contributed by atoms with Crippen LogP contribution in [-0.4, -0.2) is 58.9 Å². The van der Waals surface area contributed by atoms with Crippen LogP contribution in [0.1, 0.15) is 38.5 Å². The maximum atomic E-state index is 12.4. The van der Waals surface area contributed by atoms with Gasteiger partial charge in [-0.25, -0.2) is 9.97 Å². The fourth-order valence-corrected chi connectivity index (χ4v) is 4.75. The second-order valence-electron chi connectivity index (χ2n) is 7.24. The molecule has 3 heterocycles. The quantitative estimate of drug-likeness (QED) is 0.851. The van der Waals surface area contributed by atoms with Gasteiger partial charge in [0.1, 0.15) is 10.3 Å². The van der Waals surface area contributed by atoms with Crippen molar-refractivity contribution in [3.63, 3.8) is 0 Å². The van der Waals surface area contributed by atoms with Gasteiger partial charge in [-0.1, -0.05) is 24.2 Å². The molecule has 2 fully saturated rings. The fraction of sp³-hybridized carbons (Fsp3) is 0.579. The zero-order valence-corrected chi connectivity index (χ0v) is 16.2. The number of rotatable bonds is 5. The minimum absolute atomic E-state index is 0.0101. The number of nitrogens with zero attached hydrogens (tertiary/aromatic N) is 4. The maximum absolute atomic E-state index is 12.4. The summed E-state index contributed by atoms with van der Waals surface area (Å²) in [6.45, 7) is 2.87. The molecule has 2 amide bonds. The molecule has 0 spiro atoms. The van der Waals surface area contributed by atoms with Crippen LogP contribution in [-0.2, 0) is 9.59 Å². The summed E-state index contributed by atoms with van der Waals surface area (Å²) in [5.41, 5.74) is 0.921. The van der Waals surface area contributed by atoms with E-state index in [-0.39, 0.29) is 11.8 Å². The molecule has 1 aliphatic carbocycles. The van der Waals surface area contributed by atoms with Gasteiger partial charge < -0.3 is 15.1 Å². The van der Waals surface area contributed by atoms with E-state index >= 15 is 0 Å². The molecule has 0 radical (unpaired) electrons. The zero-order valence-electron chi connectivity index (χ0n) is 15.4. The molecule has 2 aromatic rings. The van der Waals surface area contributed by atoms with E-state index in [1.54, 1.807) is 17.5 Å². The Kier molecular flexibility index (Phi) is 5.52. The van der Waals surface area contributed by atoms with Crippen molar-refractivity contribution < 1.29 is 9.59 Å². The number of piperazine rings is 1. The van der Waals surface area contributed by atoms with Crippen molar-refractivity contribution in [2.75, 3.05) is 31.1 Å². The van der Waals surface area contributed by atoms with Crippen LogP contribution in [0.3, 0.4) is 0 Å². The number of nitrogens with one attached hydrogen (secondary N) is 1. The number of amides is 2. The summed E-state index contributed by atoms with van der Waals surface area (Å²) in [4.78, 5) is 38.4. The highest BCUT2D eigenvalue weighted by atomic mass is 32.1. The van der Waals surface area contributed by atoms with Gasteiger partial charge in [-0.05, 0) is 25.0 Å². The summed E-state index contributed by atoms with van der Waals surface area (Å²) in [6, 6.07) is 4.18. The van der Waals surface area contributed by atoms with E-state index in [4.69, 9.17) is 0 Å². The molecule has 0 aromatic carbocycles. The molecule has 144 valence electrons. The highest BCUT2D eigenvalue weighted by Gasteiger charge is 2.24. The molecule has 2 aromatic heterocycles. The Labute approximate surface area is 162 Å². The predicted molar refractivity (Wildman–Crippen MR) is 106 cm³/mol. The average molecular weight is 388 g/mol. The highest BCUT2D eigenvalue weighted by molar-refractivity contribution is 7.21. The second kappa shape index (κ2) is 8.21. The lowest BCUT2D eigenvalue weighted by molar-refractivity contribution is -0.134. The lowest BCUT2D eigenvalue weighted by atomic mass is 10.2. The molecule has 2 aliphatic rings. The summed E-state index contributed by atoms with van der Waals surface area (Å²) < 4.78 is 0. The fourth-order valence-electron chi connectivity index (χ4n) is 3.79. The van der Waals surface area contributed by atoms with Gasteiger partial charge in [0.05, 0.1) is 0 Å². The van der Waals surface area contributed by atoms with Gasteiger partial charge in [0.15, 0.2) is 5.13 Å². The molecule has 0 unspecified atom stereocenters. The highest BCUT2D eigenvalue weighted by Crippen LogP contribution is 2.27. The molecule has 4 rings (SSSR count). The monoisotopic (exact) mass is 387 g/mol. The van der Waals surface area contributed by atoms with Gasteiger partial charge in [-0.2, -0.15) is 0 Å². The number of carbonyl (C=O) groups excluding carboxylic acids is 2. The summed E-state index contributed by atoms with van der Waals surface area (Å²) in [6.07, 6.45) is 6.90. The Balaban J connectivity index is 1.23. The normalized spacial score (nSPS) is 18.2. The van der Waals surface area contributed by atoms with Crippen LogP contribution in [0.5, 0.6) is 0 Å². The van der Waals surface area contributed by atoms with Crippen molar-refractivity contribution in [3.05, 3.63) is 18.3 Å². The first-order valence-corrected chi connectivity index (χ1v) is 10.5. The molecule has 8 heteroatoms. The van der Waals surface area contributed by atoms with Crippen LogP contribution in [0, 0.1) is 0 Å². The molecule has 1 aliphatic heterocycles. The third kappa shape index (κ3) is 4.37. The van der Waals surface area contributed by atoms with Crippen molar-refractivity contribution in [1.82, 2.24) is 20.2 Å². The number of fused-ring (bicyclic) bond motifs is 1. The minimum Gasteiger partial charge on any atom is -0.353 e. The van der Waals surface area contributed by atoms with Crippen LogP contribution >= 0.6 is 11.3 Å². The van der Waals surface area contributed by atoms with E-state index in [2.05, 4.69) is 20.2 Å². The third-order valence-electron chi connectivity index (χ3n) is 5.34. The molecule has 0 bridgehead atoms. The van der Waals surface area contributed by atoms with Crippen LogP contribution in [0.15, 0.2) is 18.3 Å². The van der Waals surface area contributed by atoms with Crippen LogP contribution in [0.2, 0.25) is 0 Å². The van der Waals surface area contributed by atoms with Crippen LogP contribution in [0.25, 0.3) is 10.3 Å². The second-order valence-corrected chi connectivity index (χ2v) is 8.20. The van der Waals surface area contributed by atoms with E-state index < -0.39 is 0 Å². The number of anilines is 1. The number of carbonyl (C=O) groups is 2. The van der Waals surface area contributed by atoms with Crippen molar-refractivity contribution >= 4 is 38.6 Å². The van der Waals surface area contributed by atoms with E-state index in [1.807, 2.05) is 17.0 Å². The largest absolute Gasteiger partial charge is 0.353 e. The molecule has 1 saturated carbocycles. The Hall–Kier alpha value is -2.22. The van der Waals surface area contributed by atoms with Crippen molar-refractivity contribution in [3.8, 4) is 0 Å². The predicted octanol–water partition coefficient (Wildman–Crippen LogP) is 2.18. The Morgan fingerprint density at radius 1 is 1.15 bits per heavy atom. The average Bonchev–Trinajstić information content (AvgIpc) is 3.35. The number of hydrogen-bond acceptors (Lipinski definition) is 6. The lowest BCUT2D eigenvalue weighted by Crippen LogP contribution is -2.49. The molecule has 7 nitrogen and oxygen atoms in total. The van der Waals surface area contributed by atoms with Gasteiger partial charge in [0.2, 0.25) is 11.8 Å². The molecular weight excluding hydrogens is 362 g/mol. The van der Waals surface area contributed by atoms with Gasteiger partial charge >= 0.3 is 0 Å². The Morgan fingerprint density at radius 3 is 2.67 bits per heavy atom. The van der Waals surface area contributed by atoms with E-state index in [0.29, 0.717) is 32.0 Å². The summed E-state index contributed by atoms with van der Waals surface area (Å²) >= 11 is 1.59. The molecular formula is C19H25N5O2S.